The number of piperidine rings is 1. The lowest BCUT2D eigenvalue weighted by atomic mass is 9.96. The fourth-order valence-electron chi connectivity index (χ4n) is 3.76. The van der Waals surface area contributed by atoms with Crippen molar-refractivity contribution in [3.8, 4) is 11.3 Å². The van der Waals surface area contributed by atoms with Crippen LogP contribution in [0.3, 0.4) is 0 Å². The van der Waals surface area contributed by atoms with Crippen LogP contribution in [0.5, 0.6) is 0 Å². The molecule has 9 heteroatoms. The summed E-state index contributed by atoms with van der Waals surface area (Å²) in [4.78, 5) is 18.5. The first-order chi connectivity index (χ1) is 13.7. The zero-order valence-corrected chi connectivity index (χ0v) is 14.9. The van der Waals surface area contributed by atoms with Gasteiger partial charge < -0.3 is 9.88 Å². The number of aromatic nitrogens is 6. The van der Waals surface area contributed by atoms with Gasteiger partial charge in [0.2, 0.25) is 0 Å². The first-order valence-electron chi connectivity index (χ1n) is 9.08. The Morgan fingerprint density at radius 3 is 2.71 bits per heavy atom. The number of rotatable bonds is 3. The van der Waals surface area contributed by atoms with E-state index in [1.807, 2.05) is 0 Å². The molecule has 0 saturated carbocycles. The van der Waals surface area contributed by atoms with Crippen LogP contribution in [0.4, 0.5) is 14.6 Å². The van der Waals surface area contributed by atoms with Gasteiger partial charge in [0.25, 0.3) is 0 Å². The zero-order chi connectivity index (χ0) is 19.1. The van der Waals surface area contributed by atoms with Crippen molar-refractivity contribution in [3.05, 3.63) is 54.4 Å². The van der Waals surface area contributed by atoms with Crippen LogP contribution in [0.1, 0.15) is 24.6 Å². The van der Waals surface area contributed by atoms with E-state index in [-0.39, 0.29) is 5.92 Å². The van der Waals surface area contributed by atoms with Gasteiger partial charge in [0, 0.05) is 30.6 Å². The number of nitrogens with one attached hydrogen (secondary N) is 2. The molecule has 0 unspecified atom stereocenters. The van der Waals surface area contributed by atoms with Gasteiger partial charge in [-0.2, -0.15) is 5.10 Å². The predicted molar refractivity (Wildman–Crippen MR) is 99.8 cm³/mol. The highest BCUT2D eigenvalue weighted by molar-refractivity contribution is 5.86. The van der Waals surface area contributed by atoms with Gasteiger partial charge in [0.15, 0.2) is 5.65 Å². The number of halogens is 2. The molecule has 0 aliphatic carbocycles. The third-order valence-electron chi connectivity index (χ3n) is 5.22. The van der Waals surface area contributed by atoms with E-state index in [0.29, 0.717) is 11.3 Å². The van der Waals surface area contributed by atoms with Crippen LogP contribution in [-0.2, 0) is 0 Å². The number of hydrogen-bond acceptors (Lipinski definition) is 5. The molecule has 5 rings (SSSR count). The normalized spacial score (nSPS) is 15.4. The SMILES string of the molecule is Fc1ccc(-c2cnc(C3CCN(c4ncnc5[nH]ncc45)CC3)[nH]2)c(F)c1. The Morgan fingerprint density at radius 1 is 1.04 bits per heavy atom. The van der Waals surface area contributed by atoms with Gasteiger partial charge in [-0.05, 0) is 25.0 Å². The fraction of sp³-hybridized carbons (Fsp3) is 0.263. The molecule has 0 atom stereocenters. The maximum Gasteiger partial charge on any atom is 0.160 e. The van der Waals surface area contributed by atoms with E-state index >= 15 is 0 Å². The zero-order valence-electron chi connectivity index (χ0n) is 14.9. The molecule has 1 aromatic carbocycles. The summed E-state index contributed by atoms with van der Waals surface area (Å²) in [6.45, 7) is 1.64. The predicted octanol–water partition coefficient (Wildman–Crippen LogP) is 3.41. The Morgan fingerprint density at radius 2 is 1.89 bits per heavy atom. The lowest BCUT2D eigenvalue weighted by Gasteiger charge is -2.32. The molecule has 0 amide bonds. The summed E-state index contributed by atoms with van der Waals surface area (Å²) < 4.78 is 27.1. The van der Waals surface area contributed by atoms with Crippen LogP contribution in [0.25, 0.3) is 22.3 Å². The maximum atomic E-state index is 14.0. The molecule has 7 nitrogen and oxygen atoms in total. The summed E-state index contributed by atoms with van der Waals surface area (Å²) in [6.07, 6.45) is 6.67. The minimum Gasteiger partial charge on any atom is -0.356 e. The monoisotopic (exact) mass is 381 g/mol. The van der Waals surface area contributed by atoms with Crippen LogP contribution in [0.2, 0.25) is 0 Å². The summed E-state index contributed by atoms with van der Waals surface area (Å²) in [7, 11) is 0. The number of aromatic amines is 2. The second-order valence-corrected chi connectivity index (χ2v) is 6.90. The Labute approximate surface area is 158 Å². The Balaban J connectivity index is 1.32. The molecule has 1 aliphatic rings. The van der Waals surface area contributed by atoms with Crippen molar-refractivity contribution in [1.82, 2.24) is 30.1 Å². The van der Waals surface area contributed by atoms with Gasteiger partial charge in [-0.1, -0.05) is 0 Å². The van der Waals surface area contributed by atoms with Crippen molar-refractivity contribution in [1.29, 1.82) is 0 Å². The maximum absolute atomic E-state index is 14.0. The van der Waals surface area contributed by atoms with Crippen molar-refractivity contribution in [2.75, 3.05) is 18.0 Å². The molecule has 3 aromatic heterocycles. The first-order valence-corrected chi connectivity index (χ1v) is 9.08. The second kappa shape index (κ2) is 6.66. The van der Waals surface area contributed by atoms with Crippen LogP contribution in [0, 0.1) is 11.6 Å². The van der Waals surface area contributed by atoms with Crippen molar-refractivity contribution in [2.45, 2.75) is 18.8 Å². The van der Waals surface area contributed by atoms with E-state index in [9.17, 15) is 8.78 Å². The third kappa shape index (κ3) is 2.88. The van der Waals surface area contributed by atoms with Gasteiger partial charge in [-0.3, -0.25) is 5.10 Å². The summed E-state index contributed by atoms with van der Waals surface area (Å²) >= 11 is 0. The van der Waals surface area contributed by atoms with E-state index in [2.05, 4.69) is 35.0 Å². The van der Waals surface area contributed by atoms with Crippen molar-refractivity contribution >= 4 is 16.9 Å². The standard InChI is InChI=1S/C19H17F2N7/c20-12-1-2-13(15(21)7-12)16-9-22-17(26-16)11-3-5-28(6-4-11)19-14-8-25-27-18(14)23-10-24-19/h1-2,7-11H,3-6H2,(H,22,26)(H,23,24,25,27). The summed E-state index contributed by atoms with van der Waals surface area (Å²) in [5.74, 6) is 0.762. The summed E-state index contributed by atoms with van der Waals surface area (Å²) in [5.41, 5.74) is 1.61. The molecule has 2 N–H and O–H groups in total. The molecule has 4 aromatic rings. The van der Waals surface area contributed by atoms with Gasteiger partial charge in [-0.25, -0.2) is 23.7 Å². The molecule has 1 saturated heterocycles. The number of benzene rings is 1. The van der Waals surface area contributed by atoms with E-state index in [0.717, 1.165) is 54.7 Å². The number of imidazole rings is 1. The Bertz CT molecular complexity index is 1130. The molecule has 1 aliphatic heterocycles. The van der Waals surface area contributed by atoms with Crippen LogP contribution >= 0.6 is 0 Å². The molecule has 4 heterocycles. The molecule has 0 spiro atoms. The summed E-state index contributed by atoms with van der Waals surface area (Å²) in [6, 6.07) is 3.55. The topological polar surface area (TPSA) is 86.4 Å². The van der Waals surface area contributed by atoms with Gasteiger partial charge in [0.05, 0.1) is 23.5 Å². The van der Waals surface area contributed by atoms with Crippen LogP contribution < -0.4 is 4.90 Å². The summed E-state index contributed by atoms with van der Waals surface area (Å²) in [5, 5.41) is 7.81. The second-order valence-electron chi connectivity index (χ2n) is 6.90. The number of fused-ring (bicyclic) bond motifs is 1. The van der Waals surface area contributed by atoms with Crippen LogP contribution in [0.15, 0.2) is 36.9 Å². The average molecular weight is 381 g/mol. The van der Waals surface area contributed by atoms with E-state index in [4.69, 9.17) is 0 Å². The van der Waals surface area contributed by atoms with Crippen LogP contribution in [-0.4, -0.2) is 43.2 Å². The molecule has 142 valence electrons. The smallest absolute Gasteiger partial charge is 0.160 e. The Kier molecular flexibility index (Phi) is 4.00. The van der Waals surface area contributed by atoms with Crippen molar-refractivity contribution in [2.24, 2.45) is 0 Å². The molecule has 0 radical (unpaired) electrons. The fourth-order valence-corrected chi connectivity index (χ4v) is 3.76. The van der Waals surface area contributed by atoms with E-state index in [1.54, 1.807) is 12.4 Å². The number of nitrogens with zero attached hydrogens (tertiary/aromatic N) is 5. The quantitative estimate of drug-likeness (QED) is 0.568. The molecule has 1 fully saturated rings. The van der Waals surface area contributed by atoms with Crippen molar-refractivity contribution in [3.63, 3.8) is 0 Å². The lowest BCUT2D eigenvalue weighted by Crippen LogP contribution is -2.33. The molecular formula is C19H17F2N7. The lowest BCUT2D eigenvalue weighted by molar-refractivity contribution is 0.487. The third-order valence-corrected chi connectivity index (χ3v) is 5.22. The first kappa shape index (κ1) is 16.8. The van der Waals surface area contributed by atoms with Gasteiger partial charge in [0.1, 0.15) is 29.6 Å². The molecule has 0 bridgehead atoms. The largest absolute Gasteiger partial charge is 0.356 e. The number of anilines is 1. The molecule has 28 heavy (non-hydrogen) atoms. The van der Waals surface area contributed by atoms with Crippen molar-refractivity contribution < 1.29 is 8.78 Å². The van der Waals surface area contributed by atoms with E-state index in [1.165, 1.54) is 18.5 Å². The number of hydrogen-bond donors (Lipinski definition) is 2. The highest BCUT2D eigenvalue weighted by Gasteiger charge is 2.25. The highest BCUT2D eigenvalue weighted by Crippen LogP contribution is 2.32. The number of H-pyrrole nitrogens is 2. The van der Waals surface area contributed by atoms with E-state index < -0.39 is 11.6 Å². The average Bonchev–Trinajstić information content (AvgIpc) is 3.37. The molecular weight excluding hydrogens is 364 g/mol. The minimum absolute atomic E-state index is 0.246. The highest BCUT2D eigenvalue weighted by atomic mass is 19.1. The van der Waals surface area contributed by atoms with Gasteiger partial charge >= 0.3 is 0 Å². The van der Waals surface area contributed by atoms with Gasteiger partial charge in [-0.15, -0.1) is 0 Å². The Hall–Kier alpha value is -3.36. The minimum atomic E-state index is -0.599.